The first kappa shape index (κ1) is 10.7. The Morgan fingerprint density at radius 1 is 1.27 bits per heavy atom. The molecule has 11 heavy (non-hydrogen) atoms. The average molecular weight is 156 g/mol. The van der Waals surface area contributed by atoms with Gasteiger partial charge in [0.1, 0.15) is 5.78 Å². The molecule has 0 saturated heterocycles. The Labute approximate surface area is 70.2 Å². The summed E-state index contributed by atoms with van der Waals surface area (Å²) in [5.41, 5.74) is 0. The SMILES string of the molecule is CCC(C)C(C)C(C)C(C)=O. The number of carbonyl (C=O) groups excluding carboxylic acids is 1. The predicted molar refractivity (Wildman–Crippen MR) is 48.5 cm³/mol. The predicted octanol–water partition coefficient (Wildman–Crippen LogP) is 2.89. The van der Waals surface area contributed by atoms with Crippen molar-refractivity contribution in [3.8, 4) is 0 Å². The lowest BCUT2D eigenvalue weighted by Crippen LogP contribution is -2.21. The van der Waals surface area contributed by atoms with Crippen molar-refractivity contribution in [1.29, 1.82) is 0 Å². The molecule has 0 aliphatic carbocycles. The van der Waals surface area contributed by atoms with Crippen LogP contribution >= 0.6 is 0 Å². The smallest absolute Gasteiger partial charge is 0.132 e. The van der Waals surface area contributed by atoms with Crippen molar-refractivity contribution in [3.05, 3.63) is 0 Å². The van der Waals surface area contributed by atoms with E-state index in [-0.39, 0.29) is 5.92 Å². The summed E-state index contributed by atoms with van der Waals surface area (Å²) in [6, 6.07) is 0. The van der Waals surface area contributed by atoms with E-state index in [9.17, 15) is 4.79 Å². The molecule has 0 spiro atoms. The molecule has 3 atom stereocenters. The molecule has 0 aromatic carbocycles. The molecule has 0 fully saturated rings. The van der Waals surface area contributed by atoms with Gasteiger partial charge in [-0.15, -0.1) is 0 Å². The topological polar surface area (TPSA) is 17.1 Å². The number of carbonyl (C=O) groups is 1. The van der Waals surface area contributed by atoms with Crippen LogP contribution in [-0.2, 0) is 4.79 Å². The first-order chi connectivity index (χ1) is 5.00. The van der Waals surface area contributed by atoms with Crippen molar-refractivity contribution >= 4 is 5.78 Å². The van der Waals surface area contributed by atoms with Crippen LogP contribution in [-0.4, -0.2) is 5.78 Å². The van der Waals surface area contributed by atoms with Gasteiger partial charge in [-0.3, -0.25) is 4.79 Å². The van der Waals surface area contributed by atoms with Crippen LogP contribution in [0.3, 0.4) is 0 Å². The molecule has 3 unspecified atom stereocenters. The first-order valence-corrected chi connectivity index (χ1v) is 4.51. The molecule has 0 amide bonds. The normalized spacial score (nSPS) is 19.0. The molecule has 0 bridgehead atoms. The number of Topliss-reactive ketones (excluding diaryl/α,β-unsaturated/α-hetero) is 1. The van der Waals surface area contributed by atoms with Crippen molar-refractivity contribution < 1.29 is 4.79 Å². The fraction of sp³-hybridized carbons (Fsp3) is 0.900. The Hall–Kier alpha value is -0.330. The molecule has 0 heterocycles. The van der Waals surface area contributed by atoms with Gasteiger partial charge in [0.25, 0.3) is 0 Å². The second kappa shape index (κ2) is 4.53. The minimum absolute atomic E-state index is 0.227. The second-order valence-electron chi connectivity index (χ2n) is 3.64. The van der Waals surface area contributed by atoms with Crippen molar-refractivity contribution in [3.63, 3.8) is 0 Å². The molecule has 0 aromatic rings. The van der Waals surface area contributed by atoms with Gasteiger partial charge < -0.3 is 0 Å². The third kappa shape index (κ3) is 3.04. The third-order valence-corrected chi connectivity index (χ3v) is 2.97. The highest BCUT2D eigenvalue weighted by molar-refractivity contribution is 5.78. The summed E-state index contributed by atoms with van der Waals surface area (Å²) in [6.45, 7) is 10.3. The fourth-order valence-corrected chi connectivity index (χ4v) is 1.23. The van der Waals surface area contributed by atoms with Gasteiger partial charge in [-0.25, -0.2) is 0 Å². The van der Waals surface area contributed by atoms with Crippen LogP contribution in [0, 0.1) is 17.8 Å². The number of ketones is 1. The minimum atomic E-state index is 0.227. The molecular formula is C10H20O. The van der Waals surface area contributed by atoms with Crippen LogP contribution in [0.15, 0.2) is 0 Å². The average Bonchev–Trinajstić information content (AvgIpc) is 2.00. The first-order valence-electron chi connectivity index (χ1n) is 4.51. The maximum Gasteiger partial charge on any atom is 0.132 e. The van der Waals surface area contributed by atoms with Gasteiger partial charge in [-0.1, -0.05) is 34.1 Å². The maximum atomic E-state index is 11.0. The highest BCUT2D eigenvalue weighted by atomic mass is 16.1. The molecule has 0 aliphatic heterocycles. The summed E-state index contributed by atoms with van der Waals surface area (Å²) >= 11 is 0. The molecule has 1 nitrogen and oxygen atoms in total. The van der Waals surface area contributed by atoms with E-state index >= 15 is 0 Å². The number of rotatable bonds is 4. The Kier molecular flexibility index (Phi) is 4.39. The molecule has 66 valence electrons. The lowest BCUT2D eigenvalue weighted by atomic mass is 9.82. The monoisotopic (exact) mass is 156 g/mol. The van der Waals surface area contributed by atoms with Crippen LogP contribution < -0.4 is 0 Å². The minimum Gasteiger partial charge on any atom is -0.300 e. The molecule has 0 aromatic heterocycles. The molecule has 0 saturated carbocycles. The van der Waals surface area contributed by atoms with Gasteiger partial charge in [0.05, 0.1) is 0 Å². The summed E-state index contributed by atoms with van der Waals surface area (Å²) in [5, 5.41) is 0. The van der Waals surface area contributed by atoms with Crippen molar-refractivity contribution in [1.82, 2.24) is 0 Å². The van der Waals surface area contributed by atoms with E-state index in [1.54, 1.807) is 6.92 Å². The Bertz CT molecular complexity index is 129. The van der Waals surface area contributed by atoms with Gasteiger partial charge in [0.2, 0.25) is 0 Å². The van der Waals surface area contributed by atoms with E-state index in [0.717, 1.165) is 0 Å². The van der Waals surface area contributed by atoms with Gasteiger partial charge in [-0.05, 0) is 18.8 Å². The molecule has 0 rings (SSSR count). The van der Waals surface area contributed by atoms with Crippen molar-refractivity contribution in [2.75, 3.05) is 0 Å². The van der Waals surface area contributed by atoms with Crippen molar-refractivity contribution in [2.24, 2.45) is 17.8 Å². The number of hydrogen-bond donors (Lipinski definition) is 0. The van der Waals surface area contributed by atoms with E-state index in [4.69, 9.17) is 0 Å². The van der Waals surface area contributed by atoms with E-state index < -0.39 is 0 Å². The maximum absolute atomic E-state index is 11.0. The van der Waals surface area contributed by atoms with Gasteiger partial charge in [0.15, 0.2) is 0 Å². The van der Waals surface area contributed by atoms with E-state index in [0.29, 0.717) is 17.6 Å². The fourth-order valence-electron chi connectivity index (χ4n) is 1.23. The Morgan fingerprint density at radius 3 is 2.00 bits per heavy atom. The van der Waals surface area contributed by atoms with Crippen LogP contribution in [0.5, 0.6) is 0 Å². The lowest BCUT2D eigenvalue weighted by Gasteiger charge is -2.22. The molecule has 0 radical (unpaired) electrons. The quantitative estimate of drug-likeness (QED) is 0.611. The van der Waals surface area contributed by atoms with Gasteiger partial charge in [-0.2, -0.15) is 0 Å². The summed E-state index contributed by atoms with van der Waals surface area (Å²) in [7, 11) is 0. The zero-order valence-corrected chi connectivity index (χ0v) is 8.35. The van der Waals surface area contributed by atoms with E-state index in [2.05, 4.69) is 20.8 Å². The number of hydrogen-bond acceptors (Lipinski definition) is 1. The molecule has 1 heteroatoms. The molecular weight excluding hydrogens is 136 g/mol. The highest BCUT2D eigenvalue weighted by Crippen LogP contribution is 2.23. The Morgan fingerprint density at radius 2 is 1.73 bits per heavy atom. The zero-order chi connectivity index (χ0) is 9.02. The van der Waals surface area contributed by atoms with Crippen LogP contribution in [0.4, 0.5) is 0 Å². The summed E-state index contributed by atoms with van der Waals surface area (Å²) < 4.78 is 0. The van der Waals surface area contributed by atoms with Crippen LogP contribution in [0.2, 0.25) is 0 Å². The van der Waals surface area contributed by atoms with E-state index in [1.807, 2.05) is 6.92 Å². The molecule has 0 aliphatic rings. The lowest BCUT2D eigenvalue weighted by molar-refractivity contribution is -0.122. The largest absolute Gasteiger partial charge is 0.300 e. The summed E-state index contributed by atoms with van der Waals surface area (Å²) in [5.74, 6) is 1.73. The molecule has 0 N–H and O–H groups in total. The summed E-state index contributed by atoms with van der Waals surface area (Å²) in [6.07, 6.45) is 1.17. The Balaban J connectivity index is 4.00. The summed E-state index contributed by atoms with van der Waals surface area (Å²) in [4.78, 5) is 11.0. The third-order valence-electron chi connectivity index (χ3n) is 2.97. The van der Waals surface area contributed by atoms with E-state index in [1.165, 1.54) is 6.42 Å². The van der Waals surface area contributed by atoms with Crippen molar-refractivity contribution in [2.45, 2.75) is 41.0 Å². The standard InChI is InChI=1S/C10H20O/c1-6-7(2)8(3)9(4)10(5)11/h7-9H,6H2,1-5H3. The zero-order valence-electron chi connectivity index (χ0n) is 8.35. The van der Waals surface area contributed by atoms with Crippen LogP contribution in [0.1, 0.15) is 41.0 Å². The second-order valence-corrected chi connectivity index (χ2v) is 3.64. The highest BCUT2D eigenvalue weighted by Gasteiger charge is 2.20. The van der Waals surface area contributed by atoms with Crippen LogP contribution in [0.25, 0.3) is 0 Å². The van der Waals surface area contributed by atoms with Gasteiger partial charge in [0, 0.05) is 5.92 Å². The van der Waals surface area contributed by atoms with Gasteiger partial charge >= 0.3 is 0 Å².